The first-order valence-electron chi connectivity index (χ1n) is 5.78. The molecule has 5 heteroatoms. The Kier molecular flexibility index (Phi) is 2.52. The Balaban J connectivity index is 2.10. The number of hydrogen-bond donors (Lipinski definition) is 1. The number of fused-ring (bicyclic) bond motifs is 1. The van der Waals surface area contributed by atoms with Gasteiger partial charge in [-0.2, -0.15) is 0 Å². The number of rotatable bonds is 2. The van der Waals surface area contributed by atoms with Gasteiger partial charge < -0.3 is 5.11 Å². The summed E-state index contributed by atoms with van der Waals surface area (Å²) in [6.45, 7) is 2.03. The Morgan fingerprint density at radius 3 is 2.58 bits per heavy atom. The molecule has 0 aliphatic heterocycles. The molecular weight excluding hydrogens is 242 g/mol. The lowest BCUT2D eigenvalue weighted by Crippen LogP contribution is -1.94. The van der Waals surface area contributed by atoms with Gasteiger partial charge in [0.05, 0.1) is 0 Å². The molecule has 0 unspecified atom stereocenters. The van der Waals surface area contributed by atoms with E-state index in [0.717, 1.165) is 11.1 Å². The summed E-state index contributed by atoms with van der Waals surface area (Å²) < 4.78 is 1.62. The van der Waals surface area contributed by atoms with Crippen LogP contribution in [-0.2, 0) is 0 Å². The molecule has 0 amide bonds. The minimum absolute atomic E-state index is 0.00597. The third-order valence-electron chi connectivity index (χ3n) is 2.91. The third-order valence-corrected chi connectivity index (χ3v) is 2.91. The molecule has 0 bridgehead atoms. The number of nitrogens with zero attached hydrogens (tertiary/aromatic N) is 3. The normalized spacial score (nSPS) is 10.8. The lowest BCUT2D eigenvalue weighted by atomic mass is 10.1. The molecule has 19 heavy (non-hydrogen) atoms. The number of carboxylic acids is 1. The van der Waals surface area contributed by atoms with E-state index in [1.807, 2.05) is 37.4 Å². The second kappa shape index (κ2) is 4.20. The number of imidazole rings is 1. The van der Waals surface area contributed by atoms with E-state index in [2.05, 4.69) is 9.97 Å². The van der Waals surface area contributed by atoms with E-state index in [4.69, 9.17) is 5.11 Å². The average molecular weight is 253 g/mol. The number of aromatic nitrogens is 3. The molecule has 0 spiro atoms. The van der Waals surface area contributed by atoms with E-state index >= 15 is 0 Å². The molecule has 3 rings (SSSR count). The fourth-order valence-electron chi connectivity index (χ4n) is 1.88. The van der Waals surface area contributed by atoms with E-state index in [1.165, 1.54) is 11.8 Å². The Morgan fingerprint density at radius 1 is 1.16 bits per heavy atom. The molecule has 1 aromatic carbocycles. The van der Waals surface area contributed by atoms with Gasteiger partial charge in [0.25, 0.3) is 0 Å². The van der Waals surface area contributed by atoms with Crippen LogP contribution >= 0.6 is 0 Å². The Morgan fingerprint density at radius 2 is 1.89 bits per heavy atom. The highest BCUT2D eigenvalue weighted by molar-refractivity contribution is 5.85. The molecule has 0 saturated carbocycles. The first-order valence-corrected chi connectivity index (χ1v) is 5.78. The molecule has 0 aliphatic rings. The Labute approximate surface area is 109 Å². The Bertz CT molecular complexity index is 760. The summed E-state index contributed by atoms with van der Waals surface area (Å²) in [5, 5.41) is 8.90. The molecule has 0 atom stereocenters. The summed E-state index contributed by atoms with van der Waals surface area (Å²) in [7, 11) is 0. The molecule has 0 radical (unpaired) electrons. The van der Waals surface area contributed by atoms with E-state index in [9.17, 15) is 4.79 Å². The zero-order valence-electron chi connectivity index (χ0n) is 10.2. The molecule has 0 saturated heterocycles. The molecule has 1 N–H and O–H groups in total. The van der Waals surface area contributed by atoms with Crippen molar-refractivity contribution in [2.45, 2.75) is 6.92 Å². The monoisotopic (exact) mass is 253 g/mol. The van der Waals surface area contributed by atoms with Crippen molar-refractivity contribution in [1.29, 1.82) is 0 Å². The zero-order chi connectivity index (χ0) is 13.4. The van der Waals surface area contributed by atoms with Gasteiger partial charge >= 0.3 is 5.97 Å². The highest BCUT2D eigenvalue weighted by atomic mass is 16.4. The molecule has 2 heterocycles. The van der Waals surface area contributed by atoms with Crippen LogP contribution in [0.1, 0.15) is 16.1 Å². The van der Waals surface area contributed by atoms with E-state index in [-0.39, 0.29) is 5.69 Å². The van der Waals surface area contributed by atoms with Crippen LogP contribution in [0.25, 0.3) is 16.9 Å². The summed E-state index contributed by atoms with van der Waals surface area (Å²) in [6, 6.07) is 8.06. The first kappa shape index (κ1) is 11.4. The van der Waals surface area contributed by atoms with Crippen molar-refractivity contribution in [2.75, 3.05) is 0 Å². The smallest absolute Gasteiger partial charge is 0.356 e. The molecule has 0 fully saturated rings. The molecular formula is C14H11N3O2. The number of aryl methyl sites for hydroxylation is 1. The van der Waals surface area contributed by atoms with Crippen molar-refractivity contribution in [3.05, 3.63) is 54.1 Å². The van der Waals surface area contributed by atoms with Gasteiger partial charge in [0, 0.05) is 24.2 Å². The Hall–Kier alpha value is -2.69. The minimum atomic E-state index is -1.05. The number of hydrogen-bond acceptors (Lipinski definition) is 3. The van der Waals surface area contributed by atoms with Gasteiger partial charge in [-0.15, -0.1) is 0 Å². The van der Waals surface area contributed by atoms with Gasteiger partial charge in [-0.25, -0.2) is 14.8 Å². The number of carboxylic acid groups (broad SMARTS) is 1. The van der Waals surface area contributed by atoms with Crippen molar-refractivity contribution in [2.24, 2.45) is 0 Å². The fourth-order valence-corrected chi connectivity index (χ4v) is 1.88. The van der Waals surface area contributed by atoms with Gasteiger partial charge in [0.2, 0.25) is 5.78 Å². The van der Waals surface area contributed by atoms with Crippen molar-refractivity contribution >= 4 is 11.7 Å². The molecule has 2 aromatic heterocycles. The van der Waals surface area contributed by atoms with Gasteiger partial charge in [0.15, 0.2) is 5.69 Å². The summed E-state index contributed by atoms with van der Waals surface area (Å²) in [6.07, 6.45) is 4.98. The largest absolute Gasteiger partial charge is 0.476 e. The lowest BCUT2D eigenvalue weighted by Gasteiger charge is -2.02. The van der Waals surface area contributed by atoms with Crippen LogP contribution in [-0.4, -0.2) is 25.4 Å². The molecule has 94 valence electrons. The topological polar surface area (TPSA) is 67.5 Å². The second-order valence-electron chi connectivity index (χ2n) is 4.35. The van der Waals surface area contributed by atoms with Crippen molar-refractivity contribution in [3.8, 4) is 11.1 Å². The van der Waals surface area contributed by atoms with E-state index in [1.54, 1.807) is 10.6 Å². The van der Waals surface area contributed by atoms with Crippen LogP contribution in [0.2, 0.25) is 0 Å². The standard InChI is InChI=1S/C14H11N3O2/c1-9-2-4-10(5-3-9)11-6-15-14-16-12(13(18)19)8-17(14)7-11/h2-8H,1H3,(H,18,19). The minimum Gasteiger partial charge on any atom is -0.476 e. The zero-order valence-corrected chi connectivity index (χ0v) is 10.2. The maximum atomic E-state index is 10.9. The third kappa shape index (κ3) is 2.06. The van der Waals surface area contributed by atoms with Crippen LogP contribution in [0.3, 0.4) is 0 Å². The second-order valence-corrected chi connectivity index (χ2v) is 4.35. The molecule has 0 aliphatic carbocycles. The van der Waals surface area contributed by atoms with Crippen molar-refractivity contribution in [3.63, 3.8) is 0 Å². The maximum Gasteiger partial charge on any atom is 0.356 e. The number of carbonyl (C=O) groups is 1. The summed E-state index contributed by atoms with van der Waals surface area (Å²) in [4.78, 5) is 18.9. The van der Waals surface area contributed by atoms with Crippen molar-refractivity contribution in [1.82, 2.24) is 14.4 Å². The molecule has 5 nitrogen and oxygen atoms in total. The van der Waals surface area contributed by atoms with Gasteiger partial charge in [-0.3, -0.25) is 4.40 Å². The van der Waals surface area contributed by atoms with E-state index in [0.29, 0.717) is 5.78 Å². The summed E-state index contributed by atoms with van der Waals surface area (Å²) in [5.41, 5.74) is 3.13. The highest BCUT2D eigenvalue weighted by Crippen LogP contribution is 2.19. The fraction of sp³-hybridized carbons (Fsp3) is 0.0714. The summed E-state index contributed by atoms with van der Waals surface area (Å²) in [5.74, 6) is -0.671. The summed E-state index contributed by atoms with van der Waals surface area (Å²) >= 11 is 0. The van der Waals surface area contributed by atoms with Crippen LogP contribution < -0.4 is 0 Å². The van der Waals surface area contributed by atoms with Crippen LogP contribution in [0, 0.1) is 6.92 Å². The predicted molar refractivity (Wildman–Crippen MR) is 70.1 cm³/mol. The van der Waals surface area contributed by atoms with Crippen LogP contribution in [0.15, 0.2) is 42.9 Å². The lowest BCUT2D eigenvalue weighted by molar-refractivity contribution is 0.0691. The highest BCUT2D eigenvalue weighted by Gasteiger charge is 2.09. The average Bonchev–Trinajstić information content (AvgIpc) is 2.82. The van der Waals surface area contributed by atoms with Gasteiger partial charge in [0.1, 0.15) is 0 Å². The number of aromatic carboxylic acids is 1. The van der Waals surface area contributed by atoms with Crippen LogP contribution in [0.4, 0.5) is 0 Å². The quantitative estimate of drug-likeness (QED) is 0.761. The number of benzene rings is 1. The van der Waals surface area contributed by atoms with Crippen molar-refractivity contribution < 1.29 is 9.90 Å². The maximum absolute atomic E-state index is 10.9. The van der Waals surface area contributed by atoms with E-state index < -0.39 is 5.97 Å². The van der Waals surface area contributed by atoms with Gasteiger partial charge in [-0.05, 0) is 12.5 Å². The molecule has 3 aromatic rings. The first-order chi connectivity index (χ1) is 9.13. The SMILES string of the molecule is Cc1ccc(-c2cnc3nc(C(=O)O)cn3c2)cc1. The van der Waals surface area contributed by atoms with Crippen LogP contribution in [0.5, 0.6) is 0 Å². The van der Waals surface area contributed by atoms with Gasteiger partial charge in [-0.1, -0.05) is 29.8 Å². The predicted octanol–water partition coefficient (Wildman–Crippen LogP) is 2.40.